The van der Waals surface area contributed by atoms with Gasteiger partial charge in [0.25, 0.3) is 0 Å². The molecule has 1 aliphatic heterocycles. The van der Waals surface area contributed by atoms with E-state index in [1.54, 1.807) is 13.8 Å². The summed E-state index contributed by atoms with van der Waals surface area (Å²) in [6, 6.07) is 7.95. The highest BCUT2D eigenvalue weighted by Gasteiger charge is 2.45. The lowest BCUT2D eigenvalue weighted by Gasteiger charge is -2.39. The molecule has 1 aromatic rings. The van der Waals surface area contributed by atoms with Crippen LogP contribution in [-0.4, -0.2) is 37.7 Å². The molecule has 1 saturated heterocycles. The van der Waals surface area contributed by atoms with E-state index < -0.39 is 6.10 Å². The quantitative estimate of drug-likeness (QED) is 0.737. The zero-order chi connectivity index (χ0) is 17.7. The van der Waals surface area contributed by atoms with Crippen LogP contribution < -0.4 is 4.74 Å². The zero-order valence-electron chi connectivity index (χ0n) is 15.2. The molecule has 5 nitrogen and oxygen atoms in total. The van der Waals surface area contributed by atoms with Gasteiger partial charge in [-0.2, -0.15) is 0 Å². The second kappa shape index (κ2) is 8.19. The van der Waals surface area contributed by atoms with Gasteiger partial charge in [-0.3, -0.25) is 0 Å². The smallest absolute Gasteiger partial charge is 0.347 e. The van der Waals surface area contributed by atoms with Gasteiger partial charge in [0.2, 0.25) is 0 Å². The van der Waals surface area contributed by atoms with Gasteiger partial charge in [0.15, 0.2) is 11.9 Å². The van der Waals surface area contributed by atoms with Crippen molar-refractivity contribution in [1.82, 2.24) is 0 Å². The second-order valence-electron chi connectivity index (χ2n) is 6.81. The fourth-order valence-electron chi connectivity index (χ4n) is 3.79. The number of rotatable bonds is 6. The van der Waals surface area contributed by atoms with Gasteiger partial charge in [0.05, 0.1) is 19.8 Å². The summed E-state index contributed by atoms with van der Waals surface area (Å²) in [5, 5.41) is 0. The SMILES string of the molecule is CCOC(=O)[C@@H](C)Oc1ccc(CC2CCCCC23OCCO3)cc1. The maximum absolute atomic E-state index is 11.6. The summed E-state index contributed by atoms with van der Waals surface area (Å²) >= 11 is 0. The number of hydrogen-bond donors (Lipinski definition) is 0. The molecule has 1 aromatic carbocycles. The third kappa shape index (κ3) is 4.33. The highest BCUT2D eigenvalue weighted by atomic mass is 16.7. The summed E-state index contributed by atoms with van der Waals surface area (Å²) in [5.74, 6) is 0.363. The van der Waals surface area contributed by atoms with E-state index in [-0.39, 0.29) is 11.8 Å². The third-order valence-electron chi connectivity index (χ3n) is 5.06. The van der Waals surface area contributed by atoms with Crippen LogP contribution in [0, 0.1) is 5.92 Å². The third-order valence-corrected chi connectivity index (χ3v) is 5.06. The Labute approximate surface area is 149 Å². The second-order valence-corrected chi connectivity index (χ2v) is 6.81. The standard InChI is InChI=1S/C20H28O5/c1-3-22-19(21)15(2)25-18-9-7-16(8-10-18)14-17-6-4-5-11-20(17)23-12-13-24-20/h7-10,15,17H,3-6,11-14H2,1-2H3/t15-,17?/m1/s1. The molecule has 0 bridgehead atoms. The summed E-state index contributed by atoms with van der Waals surface area (Å²) in [4.78, 5) is 11.6. The Bertz CT molecular complexity index is 562. The van der Waals surface area contributed by atoms with E-state index in [1.165, 1.54) is 18.4 Å². The van der Waals surface area contributed by atoms with Crippen LogP contribution in [-0.2, 0) is 25.4 Å². The molecule has 138 valence electrons. The maximum atomic E-state index is 11.6. The van der Waals surface area contributed by atoms with E-state index >= 15 is 0 Å². The van der Waals surface area contributed by atoms with E-state index in [4.69, 9.17) is 18.9 Å². The van der Waals surface area contributed by atoms with Crippen molar-refractivity contribution in [3.63, 3.8) is 0 Å². The van der Waals surface area contributed by atoms with Crippen molar-refractivity contribution in [3.05, 3.63) is 29.8 Å². The molecule has 5 heteroatoms. The Kier molecular flexibility index (Phi) is 5.97. The Morgan fingerprint density at radius 3 is 2.64 bits per heavy atom. The summed E-state index contributed by atoms with van der Waals surface area (Å²) in [7, 11) is 0. The van der Waals surface area contributed by atoms with E-state index in [2.05, 4.69) is 12.1 Å². The Balaban J connectivity index is 1.59. The minimum Gasteiger partial charge on any atom is -0.479 e. The van der Waals surface area contributed by atoms with Gasteiger partial charge < -0.3 is 18.9 Å². The molecule has 1 saturated carbocycles. The predicted octanol–water partition coefficient (Wildman–Crippen LogP) is 3.49. The van der Waals surface area contributed by atoms with Crippen LogP contribution in [0.3, 0.4) is 0 Å². The number of carbonyl (C=O) groups excluding carboxylic acids is 1. The number of ether oxygens (including phenoxy) is 4. The number of carbonyl (C=O) groups is 1. The van der Waals surface area contributed by atoms with Crippen molar-refractivity contribution in [3.8, 4) is 5.75 Å². The van der Waals surface area contributed by atoms with E-state index in [0.29, 0.717) is 31.5 Å². The van der Waals surface area contributed by atoms with Crippen LogP contribution in [0.25, 0.3) is 0 Å². The molecule has 2 fully saturated rings. The van der Waals surface area contributed by atoms with Gasteiger partial charge in [0, 0.05) is 12.3 Å². The highest BCUT2D eigenvalue weighted by Crippen LogP contribution is 2.42. The van der Waals surface area contributed by atoms with Gasteiger partial charge in [-0.1, -0.05) is 18.6 Å². The molecule has 0 aromatic heterocycles. The fraction of sp³-hybridized carbons (Fsp3) is 0.650. The average Bonchev–Trinajstić information content (AvgIpc) is 3.08. The van der Waals surface area contributed by atoms with Gasteiger partial charge in [-0.25, -0.2) is 4.79 Å². The lowest BCUT2D eigenvalue weighted by molar-refractivity contribution is -0.212. The minimum atomic E-state index is -0.604. The molecule has 0 N–H and O–H groups in total. The Morgan fingerprint density at radius 1 is 1.24 bits per heavy atom. The van der Waals surface area contributed by atoms with Crippen molar-refractivity contribution in [1.29, 1.82) is 0 Å². The molecule has 0 radical (unpaired) electrons. The van der Waals surface area contributed by atoms with Crippen molar-refractivity contribution in [2.24, 2.45) is 5.92 Å². The van der Waals surface area contributed by atoms with Crippen LogP contribution in [0.15, 0.2) is 24.3 Å². The molecule has 1 unspecified atom stereocenters. The molecule has 3 rings (SSSR count). The van der Waals surface area contributed by atoms with Gasteiger partial charge in [-0.05, 0) is 50.8 Å². The van der Waals surface area contributed by atoms with Gasteiger partial charge >= 0.3 is 5.97 Å². The maximum Gasteiger partial charge on any atom is 0.347 e. The lowest BCUT2D eigenvalue weighted by atomic mass is 9.79. The van der Waals surface area contributed by atoms with Crippen LogP contribution in [0.2, 0.25) is 0 Å². The van der Waals surface area contributed by atoms with Crippen LogP contribution in [0.1, 0.15) is 45.1 Å². The molecule has 1 spiro atoms. The Hall–Kier alpha value is -1.59. The van der Waals surface area contributed by atoms with Crippen molar-refractivity contribution >= 4 is 5.97 Å². The van der Waals surface area contributed by atoms with Crippen molar-refractivity contribution in [2.75, 3.05) is 19.8 Å². The van der Waals surface area contributed by atoms with Crippen LogP contribution >= 0.6 is 0 Å². The van der Waals surface area contributed by atoms with E-state index in [0.717, 1.165) is 19.3 Å². The first-order valence-corrected chi connectivity index (χ1v) is 9.33. The summed E-state index contributed by atoms with van der Waals surface area (Å²) in [6.45, 7) is 5.25. The molecular formula is C20H28O5. The summed E-state index contributed by atoms with van der Waals surface area (Å²) in [5.41, 5.74) is 1.24. The zero-order valence-corrected chi connectivity index (χ0v) is 15.2. The first kappa shape index (κ1) is 18.2. The number of esters is 1. The average molecular weight is 348 g/mol. The monoisotopic (exact) mass is 348 g/mol. The lowest BCUT2D eigenvalue weighted by Crippen LogP contribution is -2.42. The first-order valence-electron chi connectivity index (χ1n) is 9.33. The molecular weight excluding hydrogens is 320 g/mol. The van der Waals surface area contributed by atoms with E-state index in [9.17, 15) is 4.79 Å². The summed E-state index contributed by atoms with van der Waals surface area (Å²) < 4.78 is 22.6. The van der Waals surface area contributed by atoms with Gasteiger partial charge in [-0.15, -0.1) is 0 Å². The van der Waals surface area contributed by atoms with E-state index in [1.807, 2.05) is 12.1 Å². The molecule has 2 atom stereocenters. The minimum absolute atomic E-state index is 0.341. The number of hydrogen-bond acceptors (Lipinski definition) is 5. The topological polar surface area (TPSA) is 54.0 Å². The largest absolute Gasteiger partial charge is 0.479 e. The molecule has 1 aliphatic carbocycles. The molecule has 0 amide bonds. The van der Waals surface area contributed by atoms with Crippen LogP contribution in [0.4, 0.5) is 0 Å². The number of benzene rings is 1. The first-order chi connectivity index (χ1) is 12.1. The molecule has 2 aliphatic rings. The predicted molar refractivity (Wildman–Crippen MR) is 93.5 cm³/mol. The van der Waals surface area contributed by atoms with Crippen molar-refractivity contribution in [2.45, 2.75) is 57.8 Å². The fourth-order valence-corrected chi connectivity index (χ4v) is 3.79. The van der Waals surface area contributed by atoms with Crippen molar-refractivity contribution < 1.29 is 23.7 Å². The highest BCUT2D eigenvalue weighted by molar-refractivity contribution is 5.74. The van der Waals surface area contributed by atoms with Gasteiger partial charge in [0.1, 0.15) is 5.75 Å². The molecule has 25 heavy (non-hydrogen) atoms. The normalized spacial score (nSPS) is 23.4. The summed E-state index contributed by atoms with van der Waals surface area (Å²) in [6.07, 6.45) is 4.88. The Morgan fingerprint density at radius 2 is 1.96 bits per heavy atom. The van der Waals surface area contributed by atoms with Crippen LogP contribution in [0.5, 0.6) is 5.75 Å². The molecule has 1 heterocycles.